The number of nitrogens with one attached hydrogen (secondary N) is 1. The number of benzene rings is 1. The van der Waals surface area contributed by atoms with E-state index in [4.69, 9.17) is 32.5 Å². The number of amides is 1. The highest BCUT2D eigenvalue weighted by atomic mass is 35.5. The van der Waals surface area contributed by atoms with Gasteiger partial charge in [-0.3, -0.25) is 24.1 Å². The van der Waals surface area contributed by atoms with Crippen LogP contribution in [0.25, 0.3) is 0 Å². The number of halogens is 2. The summed E-state index contributed by atoms with van der Waals surface area (Å²) in [5, 5.41) is 3.08. The first-order valence-electron chi connectivity index (χ1n) is 10.3. The van der Waals surface area contributed by atoms with E-state index in [9.17, 15) is 19.2 Å². The maximum absolute atomic E-state index is 12.6. The summed E-state index contributed by atoms with van der Waals surface area (Å²) in [5.74, 6) is -2.31. The second-order valence-corrected chi connectivity index (χ2v) is 9.17. The van der Waals surface area contributed by atoms with Crippen molar-refractivity contribution in [2.45, 2.75) is 45.5 Å². The number of nitrogens with zero attached hydrogens (tertiary/aromatic N) is 1. The first kappa shape index (κ1) is 26.2. The Hall–Kier alpha value is -2.10. The number of ketones is 1. The predicted octanol–water partition coefficient (Wildman–Crippen LogP) is 3.01. The zero-order chi connectivity index (χ0) is 24.0. The highest BCUT2D eigenvalue weighted by Gasteiger charge is 2.42. The van der Waals surface area contributed by atoms with E-state index in [-0.39, 0.29) is 41.8 Å². The van der Waals surface area contributed by atoms with Gasteiger partial charge < -0.3 is 14.6 Å². The molecule has 11 heteroatoms. The molecule has 1 fully saturated rings. The van der Waals surface area contributed by atoms with Crippen LogP contribution in [-0.4, -0.2) is 61.8 Å². The molecule has 1 aliphatic heterocycles. The number of carbonyl (C=O) groups is 4. The van der Waals surface area contributed by atoms with E-state index >= 15 is 0 Å². The predicted molar refractivity (Wildman–Crippen MR) is 122 cm³/mol. The normalized spacial score (nSPS) is 18.5. The maximum atomic E-state index is 12.6. The average Bonchev–Trinajstić information content (AvgIpc) is 2.71. The van der Waals surface area contributed by atoms with Crippen molar-refractivity contribution in [1.82, 2.24) is 10.2 Å². The SMILES string of the molecule is CC(C)C[C@H](CC(=O)CNC(=O)c1cc(Cl)ccc1Cl)B1OC(=O)CN(C)[C@@H](C)C(=O)O1. The lowest BCUT2D eigenvalue weighted by atomic mass is 9.65. The standard InChI is InChI=1S/C21H27BCl2N2O6/c1-12(2)7-14(22-31-19(28)11-26(4)13(3)21(30)32-22)8-16(27)10-25-20(29)17-9-15(23)5-6-18(17)24/h5-6,9,12-14H,7-8,10-11H2,1-4H3,(H,25,29)/t13-,14+/m0/s1. The lowest BCUT2D eigenvalue weighted by Gasteiger charge is -2.30. The van der Waals surface area contributed by atoms with Gasteiger partial charge in [0.2, 0.25) is 0 Å². The third-order valence-corrected chi connectivity index (χ3v) is 5.69. The zero-order valence-corrected chi connectivity index (χ0v) is 20.0. The van der Waals surface area contributed by atoms with Gasteiger partial charge in [0.15, 0.2) is 5.78 Å². The van der Waals surface area contributed by atoms with Gasteiger partial charge >= 0.3 is 19.1 Å². The van der Waals surface area contributed by atoms with E-state index in [0.29, 0.717) is 11.4 Å². The molecule has 1 heterocycles. The monoisotopic (exact) mass is 484 g/mol. The van der Waals surface area contributed by atoms with Crippen molar-refractivity contribution in [1.29, 1.82) is 0 Å². The van der Waals surface area contributed by atoms with Crippen LogP contribution in [0.4, 0.5) is 0 Å². The Morgan fingerprint density at radius 1 is 1.25 bits per heavy atom. The summed E-state index contributed by atoms with van der Waals surface area (Å²) in [6.07, 6.45) is 0.437. The van der Waals surface area contributed by atoms with Gasteiger partial charge in [-0.2, -0.15) is 0 Å². The smallest absolute Gasteiger partial charge is 0.498 e. The summed E-state index contributed by atoms with van der Waals surface area (Å²) in [6.45, 7) is 5.21. The molecule has 32 heavy (non-hydrogen) atoms. The van der Waals surface area contributed by atoms with Gasteiger partial charge in [0.25, 0.3) is 5.91 Å². The van der Waals surface area contributed by atoms with Crippen molar-refractivity contribution in [2.75, 3.05) is 20.1 Å². The number of Topliss-reactive ketones (excluding diaryl/α,β-unsaturated/α-hetero) is 1. The Labute approximate surface area is 198 Å². The van der Waals surface area contributed by atoms with Crippen molar-refractivity contribution in [3.05, 3.63) is 33.8 Å². The molecule has 0 aromatic heterocycles. The van der Waals surface area contributed by atoms with E-state index in [1.807, 2.05) is 13.8 Å². The molecule has 1 aromatic rings. The molecule has 1 aromatic carbocycles. The van der Waals surface area contributed by atoms with Crippen LogP contribution >= 0.6 is 23.2 Å². The van der Waals surface area contributed by atoms with Gasteiger partial charge in [-0.05, 0) is 44.5 Å². The van der Waals surface area contributed by atoms with Crippen LogP contribution in [0.5, 0.6) is 0 Å². The summed E-state index contributed by atoms with van der Waals surface area (Å²) in [4.78, 5) is 51.1. The largest absolute Gasteiger partial charge is 0.602 e. The van der Waals surface area contributed by atoms with Gasteiger partial charge in [-0.1, -0.05) is 37.0 Å². The molecule has 0 bridgehead atoms. The van der Waals surface area contributed by atoms with E-state index in [1.54, 1.807) is 20.0 Å². The minimum absolute atomic E-state index is 0.0445. The van der Waals surface area contributed by atoms with Gasteiger partial charge in [0, 0.05) is 17.3 Å². The minimum Gasteiger partial charge on any atom is -0.498 e. The Morgan fingerprint density at radius 3 is 2.59 bits per heavy atom. The molecule has 1 aliphatic rings. The summed E-state index contributed by atoms with van der Waals surface area (Å²) < 4.78 is 10.8. The molecule has 0 unspecified atom stereocenters. The van der Waals surface area contributed by atoms with E-state index in [0.717, 1.165) is 0 Å². The topological polar surface area (TPSA) is 102 Å². The number of carbonyl (C=O) groups excluding carboxylic acids is 4. The number of rotatable bonds is 8. The fourth-order valence-corrected chi connectivity index (χ4v) is 3.70. The second kappa shape index (κ2) is 11.7. The molecule has 0 spiro atoms. The summed E-state index contributed by atoms with van der Waals surface area (Å²) in [5.41, 5.74) is 0.159. The molecule has 2 atom stereocenters. The fourth-order valence-electron chi connectivity index (χ4n) is 3.32. The highest BCUT2D eigenvalue weighted by Crippen LogP contribution is 2.28. The molecular formula is C21H27BCl2N2O6. The highest BCUT2D eigenvalue weighted by molar-refractivity contribution is 6.51. The third kappa shape index (κ3) is 7.50. The molecule has 2 rings (SSSR count). The Kier molecular flexibility index (Phi) is 9.55. The van der Waals surface area contributed by atoms with Crippen LogP contribution in [0.3, 0.4) is 0 Å². The van der Waals surface area contributed by atoms with Crippen LogP contribution in [-0.2, 0) is 23.7 Å². The van der Waals surface area contributed by atoms with Crippen molar-refractivity contribution >= 4 is 53.9 Å². The summed E-state index contributed by atoms with van der Waals surface area (Å²) in [6, 6.07) is 3.84. The summed E-state index contributed by atoms with van der Waals surface area (Å²) in [7, 11) is 0.452. The van der Waals surface area contributed by atoms with Crippen molar-refractivity contribution in [3.63, 3.8) is 0 Å². The number of hydrogen-bond acceptors (Lipinski definition) is 7. The average molecular weight is 485 g/mol. The quantitative estimate of drug-likeness (QED) is 0.565. The van der Waals surface area contributed by atoms with E-state index in [2.05, 4.69) is 5.32 Å². The molecule has 1 saturated heterocycles. The minimum atomic E-state index is -1.17. The van der Waals surface area contributed by atoms with Crippen LogP contribution in [0.15, 0.2) is 18.2 Å². The van der Waals surface area contributed by atoms with Gasteiger partial charge in [0.1, 0.15) is 6.04 Å². The number of likely N-dealkylation sites (N-methyl/N-ethyl adjacent to an activating group) is 1. The van der Waals surface area contributed by atoms with Crippen molar-refractivity contribution in [3.8, 4) is 0 Å². The van der Waals surface area contributed by atoms with Crippen LogP contribution in [0.1, 0.15) is 44.0 Å². The Balaban J connectivity index is 2.06. The van der Waals surface area contributed by atoms with Crippen LogP contribution in [0, 0.1) is 5.92 Å². The van der Waals surface area contributed by atoms with Crippen LogP contribution in [0.2, 0.25) is 15.9 Å². The first-order chi connectivity index (χ1) is 15.0. The molecule has 0 aliphatic carbocycles. The van der Waals surface area contributed by atoms with Crippen molar-refractivity contribution < 1.29 is 28.5 Å². The van der Waals surface area contributed by atoms with Crippen molar-refractivity contribution in [2.24, 2.45) is 5.92 Å². The molecule has 0 saturated carbocycles. The zero-order valence-electron chi connectivity index (χ0n) is 18.5. The maximum Gasteiger partial charge on any atom is 0.602 e. The molecule has 1 amide bonds. The van der Waals surface area contributed by atoms with Crippen LogP contribution < -0.4 is 5.32 Å². The molecule has 174 valence electrons. The lowest BCUT2D eigenvalue weighted by molar-refractivity contribution is -0.149. The lowest BCUT2D eigenvalue weighted by Crippen LogP contribution is -2.49. The Bertz CT molecular complexity index is 882. The number of hydrogen-bond donors (Lipinski definition) is 1. The summed E-state index contributed by atoms with van der Waals surface area (Å²) >= 11 is 11.9. The fraction of sp³-hybridized carbons (Fsp3) is 0.524. The van der Waals surface area contributed by atoms with Gasteiger partial charge in [-0.25, -0.2) is 0 Å². The molecular weight excluding hydrogens is 458 g/mol. The third-order valence-electron chi connectivity index (χ3n) is 5.13. The molecule has 1 N–H and O–H groups in total. The van der Waals surface area contributed by atoms with E-state index < -0.39 is 36.8 Å². The van der Waals surface area contributed by atoms with Gasteiger partial charge in [-0.15, -0.1) is 0 Å². The molecule has 8 nitrogen and oxygen atoms in total. The molecule has 0 radical (unpaired) electrons. The first-order valence-corrected chi connectivity index (χ1v) is 11.1. The Morgan fingerprint density at radius 2 is 1.94 bits per heavy atom. The van der Waals surface area contributed by atoms with Gasteiger partial charge in [0.05, 0.1) is 23.7 Å². The second-order valence-electron chi connectivity index (χ2n) is 8.33. The van der Waals surface area contributed by atoms with E-state index in [1.165, 1.54) is 17.0 Å².